The van der Waals surface area contributed by atoms with Crippen molar-refractivity contribution in [1.82, 2.24) is 29.5 Å². The Morgan fingerprint density at radius 2 is 1.91 bits per heavy atom. The highest BCUT2D eigenvalue weighted by Gasteiger charge is 2.44. The van der Waals surface area contributed by atoms with E-state index in [1.165, 1.54) is 10.8 Å². The van der Waals surface area contributed by atoms with Crippen LogP contribution in [0.2, 0.25) is 0 Å². The molecule has 1 aromatic carbocycles. The summed E-state index contributed by atoms with van der Waals surface area (Å²) < 4.78 is 44.5. The van der Waals surface area contributed by atoms with Gasteiger partial charge in [-0.2, -0.15) is 19.9 Å². The maximum absolute atomic E-state index is 14.0. The summed E-state index contributed by atoms with van der Waals surface area (Å²) in [4.78, 5) is 15.5. The number of hydrogen-bond donors (Lipinski definition) is 0. The Balaban J connectivity index is 1.45. The van der Waals surface area contributed by atoms with Crippen LogP contribution in [0.15, 0.2) is 36.7 Å². The maximum Gasteiger partial charge on any atom is 0.258 e. The molecule has 0 spiro atoms. The Bertz CT molecular complexity index is 1400. The van der Waals surface area contributed by atoms with E-state index < -0.39 is 17.5 Å². The molecular weight excluding hydrogens is 433 g/mol. The Kier molecular flexibility index (Phi) is 4.33. The minimum Gasteiger partial charge on any atom is -0.327 e. The predicted molar refractivity (Wildman–Crippen MR) is 112 cm³/mol. The molecule has 168 valence electrons. The number of piperidine rings is 1. The second-order valence-electron chi connectivity index (χ2n) is 8.56. The molecule has 4 aromatic rings. The first kappa shape index (κ1) is 20.0. The number of aryl methyl sites for hydroxylation is 1. The number of hydrogen-bond acceptors (Lipinski definition) is 4. The maximum atomic E-state index is 14.0. The average Bonchev–Trinajstić information content (AvgIpc) is 3.37. The van der Waals surface area contributed by atoms with E-state index >= 15 is 0 Å². The fourth-order valence-corrected chi connectivity index (χ4v) is 5.34. The predicted octanol–water partition coefficient (Wildman–Crippen LogP) is 3.84. The van der Waals surface area contributed by atoms with Gasteiger partial charge >= 0.3 is 0 Å². The van der Waals surface area contributed by atoms with Gasteiger partial charge in [-0.05, 0) is 49.9 Å². The summed E-state index contributed by atoms with van der Waals surface area (Å²) in [5.74, 6) is -4.11. The molecule has 1 saturated heterocycles. The molecule has 33 heavy (non-hydrogen) atoms. The van der Waals surface area contributed by atoms with Crippen LogP contribution in [-0.4, -0.2) is 41.5 Å². The van der Waals surface area contributed by atoms with Crippen molar-refractivity contribution in [3.8, 4) is 11.3 Å². The van der Waals surface area contributed by atoms with Crippen LogP contribution in [0.4, 0.5) is 13.2 Å². The van der Waals surface area contributed by atoms with Crippen molar-refractivity contribution in [3.63, 3.8) is 0 Å². The first-order valence-corrected chi connectivity index (χ1v) is 10.8. The van der Waals surface area contributed by atoms with E-state index in [4.69, 9.17) is 0 Å². The summed E-state index contributed by atoms with van der Waals surface area (Å²) in [6.07, 6.45) is 6.12. The van der Waals surface area contributed by atoms with Crippen molar-refractivity contribution < 1.29 is 18.0 Å². The lowest BCUT2D eigenvalue weighted by molar-refractivity contribution is 0.0394. The summed E-state index contributed by atoms with van der Waals surface area (Å²) in [7, 11) is 1.69. The third kappa shape index (κ3) is 2.89. The number of carbonyl (C=O) groups is 1. The van der Waals surface area contributed by atoms with Crippen molar-refractivity contribution in [1.29, 1.82) is 0 Å². The van der Waals surface area contributed by atoms with Crippen LogP contribution < -0.4 is 0 Å². The lowest BCUT2D eigenvalue weighted by Gasteiger charge is -2.45. The summed E-state index contributed by atoms with van der Waals surface area (Å²) in [5, 5.41) is 13.0. The van der Waals surface area contributed by atoms with Gasteiger partial charge in [-0.25, -0.2) is 13.2 Å². The number of nitrogens with zero attached hydrogens (tertiary/aromatic N) is 6. The number of carbonyl (C=O) groups excluding carboxylic acids is 1. The fourth-order valence-electron chi connectivity index (χ4n) is 5.34. The highest BCUT2D eigenvalue weighted by molar-refractivity contribution is 6.01. The standard InChI is InChI=1S/C23H19F3N6O/c1-30-22(12-8-16(24)20(26)17(25)9-12)14-10-13-4-2-5-19(21(14)29-30)31(13)23(33)15-11-28-32-18(15)6-3-7-27-32/h3,6-9,11,13,19H,2,4-5,10H2,1H3/t13-,19+/m1/s1. The van der Waals surface area contributed by atoms with Gasteiger partial charge in [0.1, 0.15) is 5.52 Å². The Hall–Kier alpha value is -3.69. The lowest BCUT2D eigenvalue weighted by atomic mass is 9.81. The van der Waals surface area contributed by atoms with Crippen LogP contribution in [0.1, 0.15) is 46.9 Å². The summed E-state index contributed by atoms with van der Waals surface area (Å²) in [6, 6.07) is 5.20. The van der Waals surface area contributed by atoms with Gasteiger partial charge in [0.25, 0.3) is 5.91 Å². The van der Waals surface area contributed by atoms with Crippen LogP contribution >= 0.6 is 0 Å². The minimum absolute atomic E-state index is 0.0894. The number of benzene rings is 1. The van der Waals surface area contributed by atoms with Gasteiger partial charge in [-0.15, -0.1) is 0 Å². The molecule has 0 unspecified atom stereocenters. The quantitative estimate of drug-likeness (QED) is 0.434. The van der Waals surface area contributed by atoms with Crippen molar-refractivity contribution in [2.75, 3.05) is 0 Å². The van der Waals surface area contributed by atoms with Crippen molar-refractivity contribution in [2.45, 2.75) is 37.8 Å². The molecule has 2 aliphatic rings. The van der Waals surface area contributed by atoms with Gasteiger partial charge in [0, 0.05) is 30.4 Å². The monoisotopic (exact) mass is 452 g/mol. The van der Waals surface area contributed by atoms with Gasteiger partial charge in [0.05, 0.1) is 29.2 Å². The average molecular weight is 452 g/mol. The van der Waals surface area contributed by atoms with E-state index in [1.54, 1.807) is 30.1 Å². The second kappa shape index (κ2) is 7.16. The number of rotatable bonds is 2. The van der Waals surface area contributed by atoms with E-state index in [2.05, 4.69) is 15.3 Å². The number of aromatic nitrogens is 5. The number of halogens is 3. The summed E-state index contributed by atoms with van der Waals surface area (Å²) in [5.41, 5.74) is 3.45. The van der Waals surface area contributed by atoms with E-state index in [0.717, 1.165) is 42.7 Å². The molecule has 10 heteroatoms. The van der Waals surface area contributed by atoms with Crippen LogP contribution in [0.25, 0.3) is 16.8 Å². The van der Waals surface area contributed by atoms with Gasteiger partial charge < -0.3 is 4.90 Å². The number of amides is 1. The summed E-state index contributed by atoms with van der Waals surface area (Å²) in [6.45, 7) is 0. The van der Waals surface area contributed by atoms with Crippen LogP contribution in [-0.2, 0) is 13.5 Å². The third-order valence-corrected chi connectivity index (χ3v) is 6.70. The molecule has 1 amide bonds. The molecule has 0 saturated carbocycles. The third-order valence-electron chi connectivity index (χ3n) is 6.70. The van der Waals surface area contributed by atoms with Crippen LogP contribution in [0.5, 0.6) is 0 Å². The highest BCUT2D eigenvalue weighted by atomic mass is 19.2. The first-order chi connectivity index (χ1) is 15.9. The van der Waals surface area contributed by atoms with E-state index in [9.17, 15) is 18.0 Å². The van der Waals surface area contributed by atoms with E-state index in [0.29, 0.717) is 23.2 Å². The Morgan fingerprint density at radius 1 is 1.12 bits per heavy atom. The zero-order chi connectivity index (χ0) is 22.9. The molecule has 1 fully saturated rings. The highest BCUT2D eigenvalue weighted by Crippen LogP contribution is 2.45. The molecule has 2 aliphatic heterocycles. The molecule has 2 atom stereocenters. The first-order valence-electron chi connectivity index (χ1n) is 10.8. The molecule has 2 bridgehead atoms. The molecular formula is C23H19F3N6O. The SMILES string of the molecule is Cn1nc2c(c1-c1cc(F)c(F)c(F)c1)C[C@H]1CCC[C@@H]2N1C(=O)c1cnn2ncccc12. The molecule has 3 aromatic heterocycles. The van der Waals surface area contributed by atoms with Crippen molar-refractivity contribution >= 4 is 11.4 Å². The van der Waals surface area contributed by atoms with Gasteiger partial charge in [0.2, 0.25) is 0 Å². The Morgan fingerprint density at radius 3 is 2.70 bits per heavy atom. The van der Waals surface area contributed by atoms with Crippen LogP contribution in [0.3, 0.4) is 0 Å². The molecule has 0 aliphatic carbocycles. The molecule has 5 heterocycles. The van der Waals surface area contributed by atoms with Crippen molar-refractivity contribution in [3.05, 3.63) is 70.9 Å². The van der Waals surface area contributed by atoms with Gasteiger partial charge in [-0.3, -0.25) is 9.48 Å². The topological polar surface area (TPSA) is 68.3 Å². The van der Waals surface area contributed by atoms with E-state index in [-0.39, 0.29) is 23.6 Å². The fraction of sp³-hybridized carbons (Fsp3) is 0.304. The molecule has 0 N–H and O–H groups in total. The molecule has 6 rings (SSSR count). The van der Waals surface area contributed by atoms with Crippen LogP contribution in [0, 0.1) is 17.5 Å². The zero-order valence-corrected chi connectivity index (χ0v) is 17.7. The molecule has 7 nitrogen and oxygen atoms in total. The summed E-state index contributed by atoms with van der Waals surface area (Å²) >= 11 is 0. The van der Waals surface area contributed by atoms with Gasteiger partial charge in [0.15, 0.2) is 17.5 Å². The van der Waals surface area contributed by atoms with Crippen molar-refractivity contribution in [2.24, 2.45) is 7.05 Å². The number of fused-ring (bicyclic) bond motifs is 5. The normalized spacial score (nSPS) is 19.7. The molecule has 0 radical (unpaired) electrons. The largest absolute Gasteiger partial charge is 0.327 e. The zero-order valence-electron chi connectivity index (χ0n) is 17.7. The van der Waals surface area contributed by atoms with E-state index in [1.807, 2.05) is 4.90 Å². The smallest absolute Gasteiger partial charge is 0.258 e. The Labute approximate surface area is 186 Å². The van der Waals surface area contributed by atoms with Gasteiger partial charge in [-0.1, -0.05) is 0 Å². The minimum atomic E-state index is -1.49. The lowest BCUT2D eigenvalue weighted by Crippen LogP contribution is -2.49. The second-order valence-corrected chi connectivity index (χ2v) is 8.56.